The Bertz CT molecular complexity index is 326. The fourth-order valence-electron chi connectivity index (χ4n) is 0.940. The summed E-state index contributed by atoms with van der Waals surface area (Å²) in [5, 5.41) is 11.6. The first-order valence-corrected chi connectivity index (χ1v) is 3.77. The second kappa shape index (κ2) is 3.43. The first kappa shape index (κ1) is 9.51. The van der Waals surface area contributed by atoms with E-state index in [1.165, 1.54) is 19.9 Å². The van der Waals surface area contributed by atoms with Gasteiger partial charge in [0.15, 0.2) is 0 Å². The van der Waals surface area contributed by atoms with Crippen LogP contribution in [0.5, 0.6) is 5.75 Å². The Morgan fingerprint density at radius 2 is 2.15 bits per heavy atom. The Morgan fingerprint density at radius 1 is 1.54 bits per heavy atom. The minimum absolute atomic E-state index is 0.163. The van der Waals surface area contributed by atoms with Crippen molar-refractivity contribution in [2.75, 3.05) is 5.32 Å². The molecule has 0 saturated heterocycles. The van der Waals surface area contributed by atoms with Crippen molar-refractivity contribution in [1.29, 1.82) is 0 Å². The number of carbonyl (C=O) groups is 1. The number of amides is 1. The third-order valence-electron chi connectivity index (χ3n) is 1.64. The number of hydrogen-bond acceptors (Lipinski definition) is 2. The van der Waals surface area contributed by atoms with E-state index in [2.05, 4.69) is 5.32 Å². The summed E-state index contributed by atoms with van der Waals surface area (Å²) < 4.78 is 13.0. The van der Waals surface area contributed by atoms with E-state index >= 15 is 0 Å². The molecular formula is C9H10FNO2. The van der Waals surface area contributed by atoms with Gasteiger partial charge in [0.25, 0.3) is 0 Å². The van der Waals surface area contributed by atoms with E-state index in [-0.39, 0.29) is 22.9 Å². The molecule has 0 aromatic heterocycles. The topological polar surface area (TPSA) is 49.3 Å². The van der Waals surface area contributed by atoms with E-state index in [1.54, 1.807) is 0 Å². The molecule has 0 atom stereocenters. The van der Waals surface area contributed by atoms with E-state index in [0.717, 1.165) is 6.07 Å². The molecule has 0 saturated carbocycles. The lowest BCUT2D eigenvalue weighted by atomic mass is 10.2. The third kappa shape index (κ3) is 2.18. The Morgan fingerprint density at radius 3 is 2.62 bits per heavy atom. The van der Waals surface area contributed by atoms with Crippen LogP contribution in [0.1, 0.15) is 12.5 Å². The summed E-state index contributed by atoms with van der Waals surface area (Å²) in [5.41, 5.74) is 0.433. The molecule has 1 rings (SSSR count). The Balaban J connectivity index is 3.06. The molecule has 70 valence electrons. The summed E-state index contributed by atoms with van der Waals surface area (Å²) in [5.74, 6) is -1.00. The van der Waals surface area contributed by atoms with Crippen LogP contribution in [0, 0.1) is 12.7 Å². The molecule has 1 aromatic rings. The molecule has 0 heterocycles. The van der Waals surface area contributed by atoms with Gasteiger partial charge in [-0.2, -0.15) is 0 Å². The van der Waals surface area contributed by atoms with E-state index in [4.69, 9.17) is 0 Å². The van der Waals surface area contributed by atoms with Gasteiger partial charge in [-0.15, -0.1) is 0 Å². The fraction of sp³-hybridized carbons (Fsp3) is 0.222. The highest BCUT2D eigenvalue weighted by molar-refractivity contribution is 5.88. The largest absolute Gasteiger partial charge is 0.507 e. The number of aromatic hydroxyl groups is 1. The van der Waals surface area contributed by atoms with Crippen LogP contribution in [0.4, 0.5) is 10.1 Å². The maximum atomic E-state index is 13.0. The second-order valence-electron chi connectivity index (χ2n) is 2.78. The van der Waals surface area contributed by atoms with Crippen LogP contribution in [0.25, 0.3) is 0 Å². The zero-order chi connectivity index (χ0) is 10.0. The predicted molar refractivity (Wildman–Crippen MR) is 47.1 cm³/mol. The van der Waals surface area contributed by atoms with Crippen LogP contribution in [0.15, 0.2) is 12.1 Å². The third-order valence-corrected chi connectivity index (χ3v) is 1.64. The Kier molecular flexibility index (Phi) is 2.51. The zero-order valence-electron chi connectivity index (χ0n) is 7.39. The molecule has 1 amide bonds. The van der Waals surface area contributed by atoms with Crippen molar-refractivity contribution in [1.82, 2.24) is 0 Å². The van der Waals surface area contributed by atoms with Crippen molar-refractivity contribution in [3.63, 3.8) is 0 Å². The van der Waals surface area contributed by atoms with Crippen molar-refractivity contribution in [3.8, 4) is 5.75 Å². The molecule has 0 radical (unpaired) electrons. The molecule has 2 N–H and O–H groups in total. The lowest BCUT2D eigenvalue weighted by Gasteiger charge is -2.05. The minimum Gasteiger partial charge on any atom is -0.507 e. The molecule has 0 unspecified atom stereocenters. The number of nitrogens with one attached hydrogen (secondary N) is 1. The quantitative estimate of drug-likeness (QED) is 0.697. The smallest absolute Gasteiger partial charge is 0.221 e. The molecule has 3 nitrogen and oxygen atoms in total. The minimum atomic E-state index is -0.538. The van der Waals surface area contributed by atoms with E-state index < -0.39 is 5.82 Å². The number of carbonyl (C=O) groups excluding carboxylic acids is 1. The van der Waals surface area contributed by atoms with Gasteiger partial charge in [0, 0.05) is 24.2 Å². The number of phenolic OH excluding ortho intramolecular Hbond substituents is 1. The lowest BCUT2D eigenvalue weighted by molar-refractivity contribution is -0.114. The van der Waals surface area contributed by atoms with Gasteiger partial charge in [-0.25, -0.2) is 4.39 Å². The summed E-state index contributed by atoms with van der Waals surface area (Å²) >= 11 is 0. The monoisotopic (exact) mass is 183 g/mol. The average Bonchev–Trinajstić information content (AvgIpc) is 1.98. The fourth-order valence-corrected chi connectivity index (χ4v) is 0.940. The van der Waals surface area contributed by atoms with E-state index in [1.807, 2.05) is 0 Å². The van der Waals surface area contributed by atoms with Gasteiger partial charge in [0.2, 0.25) is 5.91 Å². The molecule has 13 heavy (non-hydrogen) atoms. The number of halogens is 1. The van der Waals surface area contributed by atoms with Crippen LogP contribution >= 0.6 is 0 Å². The predicted octanol–water partition coefficient (Wildman–Crippen LogP) is 1.80. The molecule has 0 bridgehead atoms. The van der Waals surface area contributed by atoms with Gasteiger partial charge in [-0.05, 0) is 13.0 Å². The molecular weight excluding hydrogens is 173 g/mol. The first-order valence-electron chi connectivity index (χ1n) is 3.77. The number of anilines is 1. The van der Waals surface area contributed by atoms with Gasteiger partial charge in [-0.3, -0.25) is 4.79 Å². The molecule has 0 aliphatic heterocycles. The number of phenols is 1. The highest BCUT2D eigenvalue weighted by atomic mass is 19.1. The van der Waals surface area contributed by atoms with E-state index in [0.29, 0.717) is 0 Å². The highest BCUT2D eigenvalue weighted by Gasteiger charge is 2.06. The summed E-state index contributed by atoms with van der Waals surface area (Å²) in [6.07, 6.45) is 0. The molecule has 0 spiro atoms. The second-order valence-corrected chi connectivity index (χ2v) is 2.78. The summed E-state index contributed by atoms with van der Waals surface area (Å²) in [4.78, 5) is 10.6. The Hall–Kier alpha value is -1.58. The van der Waals surface area contributed by atoms with Crippen molar-refractivity contribution in [2.45, 2.75) is 13.8 Å². The number of rotatable bonds is 1. The average molecular weight is 183 g/mol. The zero-order valence-corrected chi connectivity index (χ0v) is 7.39. The van der Waals surface area contributed by atoms with Crippen LogP contribution in [0.2, 0.25) is 0 Å². The van der Waals surface area contributed by atoms with Crippen LogP contribution in [-0.4, -0.2) is 11.0 Å². The number of benzene rings is 1. The standard InChI is InChI=1S/C9H10FNO2/c1-5-8(10)3-7(4-9(5)13)11-6(2)12/h3-4,13H,1-2H3,(H,11,12). The lowest BCUT2D eigenvalue weighted by Crippen LogP contribution is -2.06. The molecule has 0 aliphatic carbocycles. The van der Waals surface area contributed by atoms with Crippen molar-refractivity contribution < 1.29 is 14.3 Å². The highest BCUT2D eigenvalue weighted by Crippen LogP contribution is 2.24. The SMILES string of the molecule is CC(=O)Nc1cc(O)c(C)c(F)c1. The van der Waals surface area contributed by atoms with Crippen molar-refractivity contribution >= 4 is 11.6 Å². The molecule has 1 aromatic carbocycles. The van der Waals surface area contributed by atoms with Crippen molar-refractivity contribution in [2.24, 2.45) is 0 Å². The molecule has 0 fully saturated rings. The van der Waals surface area contributed by atoms with Crippen LogP contribution in [0.3, 0.4) is 0 Å². The summed E-state index contributed by atoms with van der Waals surface area (Å²) in [6, 6.07) is 2.47. The van der Waals surface area contributed by atoms with Gasteiger partial charge in [0.1, 0.15) is 11.6 Å². The molecule has 4 heteroatoms. The first-order chi connectivity index (χ1) is 6.00. The van der Waals surface area contributed by atoms with E-state index in [9.17, 15) is 14.3 Å². The maximum Gasteiger partial charge on any atom is 0.221 e. The van der Waals surface area contributed by atoms with Crippen LogP contribution < -0.4 is 5.32 Å². The van der Waals surface area contributed by atoms with Gasteiger partial charge in [0.05, 0.1) is 0 Å². The van der Waals surface area contributed by atoms with Crippen molar-refractivity contribution in [3.05, 3.63) is 23.5 Å². The Labute approximate surface area is 75.2 Å². The maximum absolute atomic E-state index is 13.0. The molecule has 0 aliphatic rings. The van der Waals surface area contributed by atoms with Gasteiger partial charge in [-0.1, -0.05) is 0 Å². The van der Waals surface area contributed by atoms with Crippen LogP contribution in [-0.2, 0) is 4.79 Å². The van der Waals surface area contributed by atoms with Gasteiger partial charge >= 0.3 is 0 Å². The summed E-state index contributed by atoms with van der Waals surface area (Å²) in [7, 11) is 0. The summed E-state index contributed by atoms with van der Waals surface area (Å²) in [6.45, 7) is 2.77. The van der Waals surface area contributed by atoms with Gasteiger partial charge < -0.3 is 10.4 Å². The number of hydrogen-bond donors (Lipinski definition) is 2. The normalized spacial score (nSPS) is 9.77.